The number of fused-ring (bicyclic) bond motifs is 1. The van der Waals surface area contributed by atoms with Gasteiger partial charge in [-0.25, -0.2) is 0 Å². The lowest BCUT2D eigenvalue weighted by Gasteiger charge is -2.26. The minimum Gasteiger partial charge on any atom is -0.302 e. The molecule has 0 saturated carbocycles. The molecule has 2 heterocycles. The van der Waals surface area contributed by atoms with Gasteiger partial charge in [0, 0.05) is 19.0 Å². The molecule has 1 unspecified atom stereocenters. The molecule has 2 aliphatic rings. The van der Waals surface area contributed by atoms with E-state index >= 15 is 0 Å². The van der Waals surface area contributed by atoms with Gasteiger partial charge in [-0.1, -0.05) is 30.3 Å². The number of nitrogens with zero attached hydrogens (tertiary/aromatic N) is 3. The number of benzene rings is 1. The number of hydrogen-bond donors (Lipinski definition) is 0. The third-order valence-corrected chi connectivity index (χ3v) is 5.44. The first-order valence-electron chi connectivity index (χ1n) is 8.08. The summed E-state index contributed by atoms with van der Waals surface area (Å²) >= 11 is 1.38. The molecule has 0 spiro atoms. The lowest BCUT2D eigenvalue weighted by atomic mass is 9.81. The summed E-state index contributed by atoms with van der Waals surface area (Å²) in [5.74, 6) is 0.525. The van der Waals surface area contributed by atoms with Gasteiger partial charge >= 0.3 is 0 Å². The van der Waals surface area contributed by atoms with Crippen LogP contribution < -0.4 is 0 Å². The first-order valence-corrected chi connectivity index (χ1v) is 8.81. The number of aromatic nitrogens is 2. The highest BCUT2D eigenvalue weighted by atomic mass is 32.1. The fourth-order valence-electron chi connectivity index (χ4n) is 3.68. The van der Waals surface area contributed by atoms with E-state index in [0.29, 0.717) is 5.92 Å². The van der Waals surface area contributed by atoms with Crippen LogP contribution in [0.15, 0.2) is 30.3 Å². The number of rotatable bonds is 2. The van der Waals surface area contributed by atoms with Crippen molar-refractivity contribution < 1.29 is 0 Å². The molecule has 3 nitrogen and oxygen atoms in total. The van der Waals surface area contributed by atoms with Gasteiger partial charge in [0.1, 0.15) is 5.69 Å². The van der Waals surface area contributed by atoms with Gasteiger partial charge in [-0.2, -0.15) is 8.75 Å². The smallest absolute Gasteiger partial charge is 0.105 e. The van der Waals surface area contributed by atoms with Crippen LogP contribution in [0.25, 0.3) is 5.57 Å². The lowest BCUT2D eigenvalue weighted by molar-refractivity contribution is 0.372. The molecule has 1 aliphatic heterocycles. The Morgan fingerprint density at radius 3 is 2.91 bits per heavy atom. The van der Waals surface area contributed by atoms with Crippen LogP contribution in [0.4, 0.5) is 0 Å². The zero-order chi connectivity index (χ0) is 14.9. The van der Waals surface area contributed by atoms with Crippen LogP contribution >= 0.6 is 11.7 Å². The molecule has 0 N–H and O–H groups in total. The van der Waals surface area contributed by atoms with Gasteiger partial charge < -0.3 is 4.90 Å². The van der Waals surface area contributed by atoms with Crippen LogP contribution in [-0.2, 0) is 12.8 Å². The minimum absolute atomic E-state index is 0.525. The second-order valence-corrected chi connectivity index (χ2v) is 6.99. The molecule has 0 fully saturated rings. The van der Waals surface area contributed by atoms with Crippen LogP contribution in [0, 0.1) is 0 Å². The molecule has 22 heavy (non-hydrogen) atoms. The maximum Gasteiger partial charge on any atom is 0.105 e. The van der Waals surface area contributed by atoms with Crippen molar-refractivity contribution in [2.75, 3.05) is 20.1 Å². The molecule has 2 aromatic rings. The maximum atomic E-state index is 4.68. The fourth-order valence-corrected chi connectivity index (χ4v) is 4.34. The molecular weight excluding hydrogens is 290 g/mol. The van der Waals surface area contributed by atoms with E-state index in [1.54, 1.807) is 0 Å². The van der Waals surface area contributed by atoms with Gasteiger partial charge in [-0.05, 0) is 49.4 Å². The zero-order valence-corrected chi connectivity index (χ0v) is 13.8. The van der Waals surface area contributed by atoms with Gasteiger partial charge in [0.05, 0.1) is 17.4 Å². The largest absolute Gasteiger partial charge is 0.302 e. The van der Waals surface area contributed by atoms with Gasteiger partial charge in [-0.15, -0.1) is 0 Å². The molecule has 1 aliphatic carbocycles. The Balaban J connectivity index is 1.62. The van der Waals surface area contributed by atoms with Crippen molar-refractivity contribution in [2.24, 2.45) is 0 Å². The lowest BCUT2D eigenvalue weighted by Crippen LogP contribution is -2.25. The molecule has 0 radical (unpaired) electrons. The summed E-state index contributed by atoms with van der Waals surface area (Å²) in [6.45, 7) is 2.15. The average molecular weight is 311 g/mol. The molecule has 0 saturated heterocycles. The molecular formula is C18H21N3S. The van der Waals surface area contributed by atoms with Crippen LogP contribution in [0.1, 0.15) is 41.3 Å². The van der Waals surface area contributed by atoms with Crippen molar-refractivity contribution in [3.8, 4) is 0 Å². The third-order valence-electron chi connectivity index (χ3n) is 4.89. The fraction of sp³-hybridized carbons (Fsp3) is 0.444. The second kappa shape index (κ2) is 5.94. The molecule has 0 bridgehead atoms. The van der Waals surface area contributed by atoms with E-state index < -0.39 is 0 Å². The van der Waals surface area contributed by atoms with Crippen molar-refractivity contribution in [2.45, 2.75) is 31.6 Å². The van der Waals surface area contributed by atoms with Gasteiger partial charge in [0.25, 0.3) is 0 Å². The summed E-state index contributed by atoms with van der Waals surface area (Å²) in [6.07, 6.45) is 6.94. The Bertz CT molecular complexity index is 704. The summed E-state index contributed by atoms with van der Waals surface area (Å²) in [5, 5.41) is 0. The topological polar surface area (TPSA) is 29.0 Å². The van der Waals surface area contributed by atoms with Crippen LogP contribution in [0.3, 0.4) is 0 Å². The van der Waals surface area contributed by atoms with Gasteiger partial charge in [-0.3, -0.25) is 0 Å². The Morgan fingerprint density at radius 1 is 1.18 bits per heavy atom. The van der Waals surface area contributed by atoms with E-state index in [1.807, 2.05) is 0 Å². The SMILES string of the molecule is CN1CCC=C(c2nsnc2C2CCc3ccccc3C2)C1. The maximum absolute atomic E-state index is 4.68. The highest BCUT2D eigenvalue weighted by Crippen LogP contribution is 2.35. The van der Waals surface area contributed by atoms with E-state index in [2.05, 4.69) is 51.0 Å². The van der Waals surface area contributed by atoms with Crippen molar-refractivity contribution in [3.63, 3.8) is 0 Å². The van der Waals surface area contributed by atoms with Gasteiger partial charge in [0.2, 0.25) is 0 Å². The second-order valence-electron chi connectivity index (χ2n) is 6.46. The van der Waals surface area contributed by atoms with E-state index in [1.165, 1.54) is 46.2 Å². The Hall–Kier alpha value is -1.52. The summed E-state index contributed by atoms with van der Waals surface area (Å²) in [7, 11) is 2.18. The molecule has 1 aromatic heterocycles. The standard InChI is InChI=1S/C18H21N3S/c1-21-10-4-7-16(12-21)18-17(19-22-20-18)15-9-8-13-5-2-3-6-14(13)11-15/h2-3,5-7,15H,4,8-12H2,1H3. The van der Waals surface area contributed by atoms with E-state index in [0.717, 1.165) is 32.4 Å². The predicted molar refractivity (Wildman–Crippen MR) is 91.2 cm³/mol. The van der Waals surface area contributed by atoms with Crippen LogP contribution in [0.2, 0.25) is 0 Å². The molecule has 0 amide bonds. The first kappa shape index (κ1) is 14.1. The summed E-state index contributed by atoms with van der Waals surface area (Å²) in [5.41, 5.74) is 6.78. The van der Waals surface area contributed by atoms with E-state index in [-0.39, 0.29) is 0 Å². The van der Waals surface area contributed by atoms with Gasteiger partial charge in [0.15, 0.2) is 0 Å². The average Bonchev–Trinajstić information content (AvgIpc) is 3.04. The molecule has 114 valence electrons. The molecule has 1 atom stereocenters. The summed E-state index contributed by atoms with van der Waals surface area (Å²) < 4.78 is 9.33. The normalized spacial score (nSPS) is 22.2. The van der Waals surface area contributed by atoms with Crippen molar-refractivity contribution >= 4 is 17.3 Å². The number of hydrogen-bond acceptors (Lipinski definition) is 4. The zero-order valence-electron chi connectivity index (χ0n) is 13.0. The van der Waals surface area contributed by atoms with Crippen LogP contribution in [-0.4, -0.2) is 33.8 Å². The predicted octanol–water partition coefficient (Wildman–Crippen LogP) is 3.53. The van der Waals surface area contributed by atoms with E-state index in [9.17, 15) is 0 Å². The van der Waals surface area contributed by atoms with Crippen molar-refractivity contribution in [3.05, 3.63) is 52.9 Å². The van der Waals surface area contributed by atoms with Crippen molar-refractivity contribution in [1.82, 2.24) is 13.6 Å². The molecule has 4 heteroatoms. The molecule has 1 aromatic carbocycles. The minimum atomic E-state index is 0.525. The highest BCUT2D eigenvalue weighted by molar-refractivity contribution is 6.99. The number of aryl methyl sites for hydroxylation is 1. The Kier molecular flexibility index (Phi) is 3.80. The monoisotopic (exact) mass is 311 g/mol. The third kappa shape index (κ3) is 2.61. The highest BCUT2D eigenvalue weighted by Gasteiger charge is 2.26. The number of likely N-dealkylation sites (N-methyl/N-ethyl adjacent to an activating group) is 1. The Morgan fingerprint density at radius 2 is 2.05 bits per heavy atom. The summed E-state index contributed by atoms with van der Waals surface area (Å²) in [4.78, 5) is 2.37. The Labute approximate surface area is 136 Å². The summed E-state index contributed by atoms with van der Waals surface area (Å²) in [6, 6.07) is 8.84. The van der Waals surface area contributed by atoms with Crippen LogP contribution in [0.5, 0.6) is 0 Å². The quantitative estimate of drug-likeness (QED) is 0.849. The molecule has 4 rings (SSSR count). The first-order chi connectivity index (χ1) is 10.8. The van der Waals surface area contributed by atoms with E-state index in [4.69, 9.17) is 0 Å². The van der Waals surface area contributed by atoms with Crippen molar-refractivity contribution in [1.29, 1.82) is 0 Å².